The van der Waals surface area contributed by atoms with Gasteiger partial charge in [0.25, 0.3) is 0 Å². The van der Waals surface area contributed by atoms with Crippen molar-refractivity contribution in [3.8, 4) is 0 Å². The Labute approximate surface area is 264 Å². The van der Waals surface area contributed by atoms with Crippen LogP contribution in [0.3, 0.4) is 0 Å². The lowest BCUT2D eigenvalue weighted by molar-refractivity contribution is -0.132. The van der Waals surface area contributed by atoms with Gasteiger partial charge < -0.3 is 31.5 Å². The van der Waals surface area contributed by atoms with E-state index in [1.807, 2.05) is 60.7 Å². The van der Waals surface area contributed by atoms with Crippen LogP contribution in [0.4, 0.5) is 4.79 Å². The highest BCUT2D eigenvalue weighted by molar-refractivity contribution is 5.92. The van der Waals surface area contributed by atoms with Crippen molar-refractivity contribution >= 4 is 23.8 Å². The number of aliphatic hydroxyl groups is 1. The number of primary amides is 1. The number of nitrogens with one attached hydrogen (secondary N) is 3. The third kappa shape index (κ3) is 11.7. The van der Waals surface area contributed by atoms with Crippen LogP contribution in [0, 0.1) is 5.92 Å². The van der Waals surface area contributed by atoms with Gasteiger partial charge in [0.1, 0.15) is 17.7 Å². The minimum Gasteiger partial charge on any atom is -0.444 e. The number of amides is 4. The second-order valence-corrected chi connectivity index (χ2v) is 12.1. The molecule has 0 aliphatic rings. The summed E-state index contributed by atoms with van der Waals surface area (Å²) in [4.78, 5) is 51.6. The van der Waals surface area contributed by atoms with Gasteiger partial charge in [-0.2, -0.15) is 0 Å². The van der Waals surface area contributed by atoms with Crippen LogP contribution in [-0.4, -0.2) is 52.7 Å². The molecule has 5 atom stereocenters. The van der Waals surface area contributed by atoms with Crippen molar-refractivity contribution in [3.05, 3.63) is 108 Å². The summed E-state index contributed by atoms with van der Waals surface area (Å²) in [6, 6.07) is 24.4. The fourth-order valence-corrected chi connectivity index (χ4v) is 4.88. The molecule has 3 rings (SSSR count). The highest BCUT2D eigenvalue weighted by Crippen LogP contribution is 2.20. The van der Waals surface area contributed by atoms with Gasteiger partial charge in [-0.1, -0.05) is 91.0 Å². The van der Waals surface area contributed by atoms with Crippen LogP contribution in [0.2, 0.25) is 0 Å². The normalized spacial score (nSPS) is 14.6. The molecular weight excluding hydrogens is 572 g/mol. The number of carbonyl (C=O) groups is 4. The van der Waals surface area contributed by atoms with Crippen molar-refractivity contribution in [1.82, 2.24) is 16.0 Å². The second-order valence-electron chi connectivity index (χ2n) is 12.1. The summed E-state index contributed by atoms with van der Waals surface area (Å²) < 4.78 is 5.45. The van der Waals surface area contributed by atoms with Crippen molar-refractivity contribution < 1.29 is 29.0 Å². The van der Waals surface area contributed by atoms with E-state index in [-0.39, 0.29) is 12.8 Å². The van der Waals surface area contributed by atoms with Crippen molar-refractivity contribution in [1.29, 1.82) is 0 Å². The number of aliphatic hydroxyl groups excluding tert-OH is 1. The van der Waals surface area contributed by atoms with Crippen LogP contribution >= 0.6 is 0 Å². The van der Waals surface area contributed by atoms with Gasteiger partial charge in [-0.15, -0.1) is 0 Å². The number of alkyl carbamates (subject to hydrolysis) is 1. The van der Waals surface area contributed by atoms with Crippen LogP contribution in [0.1, 0.15) is 56.8 Å². The number of benzene rings is 3. The number of rotatable bonds is 14. The Morgan fingerprint density at radius 1 is 0.756 bits per heavy atom. The molecular formula is C35H44N4O6. The predicted molar refractivity (Wildman–Crippen MR) is 172 cm³/mol. The standard InChI is InChI=1S/C35H44N4O6/c1-23(32(42)39-30(31(36)41)26-18-12-7-13-19-26)37-33(43)27(20-24-14-8-5-9-15-24)22-29(40)28(21-25-16-10-6-11-17-25)38-34(44)45-35(2,3)4/h5-19,23,27-30,40H,20-22H2,1-4H3,(H2,36,41)(H,37,43)(H,38,44)(H,39,42)/t23-,27+,28-,29+,30-/m0/s1. The minimum atomic E-state index is -1.14. The molecule has 0 spiro atoms. The molecule has 6 N–H and O–H groups in total. The first kappa shape index (κ1) is 34.8. The van der Waals surface area contributed by atoms with E-state index >= 15 is 0 Å². The first-order valence-corrected chi connectivity index (χ1v) is 15.0. The topological polar surface area (TPSA) is 160 Å². The smallest absolute Gasteiger partial charge is 0.407 e. The average Bonchev–Trinajstić information content (AvgIpc) is 2.99. The van der Waals surface area contributed by atoms with E-state index in [0.717, 1.165) is 11.1 Å². The molecule has 0 aliphatic carbocycles. The third-order valence-electron chi connectivity index (χ3n) is 7.14. The molecule has 10 nitrogen and oxygen atoms in total. The SMILES string of the molecule is C[C@H](NC(=O)[C@H](Cc1ccccc1)C[C@@H](O)[C@H](Cc1ccccc1)NC(=O)OC(C)(C)C)C(=O)N[C@H](C(N)=O)c1ccccc1. The highest BCUT2D eigenvalue weighted by atomic mass is 16.6. The lowest BCUT2D eigenvalue weighted by Crippen LogP contribution is -2.51. The first-order chi connectivity index (χ1) is 21.3. The summed E-state index contributed by atoms with van der Waals surface area (Å²) in [6.07, 6.45) is -1.27. The molecule has 45 heavy (non-hydrogen) atoms. The van der Waals surface area contributed by atoms with Crippen molar-refractivity contribution in [2.24, 2.45) is 11.7 Å². The molecule has 0 aromatic heterocycles. The van der Waals surface area contributed by atoms with Crippen molar-refractivity contribution in [3.63, 3.8) is 0 Å². The molecule has 0 saturated carbocycles. The second kappa shape index (κ2) is 16.4. The van der Waals surface area contributed by atoms with Gasteiger partial charge in [-0.05, 0) is 63.6 Å². The summed E-state index contributed by atoms with van der Waals surface area (Å²) in [6.45, 7) is 6.75. The highest BCUT2D eigenvalue weighted by Gasteiger charge is 2.32. The maximum atomic E-state index is 13.7. The maximum absolute atomic E-state index is 13.7. The van der Waals surface area contributed by atoms with Crippen molar-refractivity contribution in [2.75, 3.05) is 0 Å². The lowest BCUT2D eigenvalue weighted by atomic mass is 9.88. The molecule has 0 saturated heterocycles. The largest absolute Gasteiger partial charge is 0.444 e. The summed E-state index contributed by atoms with van der Waals surface area (Å²) in [5.41, 5.74) is 7.07. The Hall–Kier alpha value is -4.70. The molecule has 4 amide bonds. The maximum Gasteiger partial charge on any atom is 0.407 e. The fraction of sp³-hybridized carbons (Fsp3) is 0.371. The molecule has 0 heterocycles. The van der Waals surface area contributed by atoms with Crippen LogP contribution in [0.15, 0.2) is 91.0 Å². The molecule has 240 valence electrons. The van der Waals surface area contributed by atoms with E-state index in [0.29, 0.717) is 12.0 Å². The Morgan fingerprint density at radius 2 is 1.27 bits per heavy atom. The van der Waals surface area contributed by atoms with E-state index in [4.69, 9.17) is 10.5 Å². The van der Waals surface area contributed by atoms with Crippen molar-refractivity contribution in [2.45, 2.75) is 76.8 Å². The lowest BCUT2D eigenvalue weighted by Gasteiger charge is -2.29. The monoisotopic (exact) mass is 616 g/mol. The van der Waals surface area contributed by atoms with E-state index in [1.165, 1.54) is 6.92 Å². The van der Waals surface area contributed by atoms with Crippen LogP contribution in [0.25, 0.3) is 0 Å². The number of carbonyl (C=O) groups excluding carboxylic acids is 4. The van der Waals surface area contributed by atoms with Gasteiger partial charge in [0.05, 0.1) is 12.1 Å². The predicted octanol–water partition coefficient (Wildman–Crippen LogP) is 3.58. The van der Waals surface area contributed by atoms with Crippen LogP contribution < -0.4 is 21.7 Å². The quantitative estimate of drug-likeness (QED) is 0.186. The number of hydrogen-bond donors (Lipinski definition) is 5. The Morgan fingerprint density at radius 3 is 1.78 bits per heavy atom. The van der Waals surface area contributed by atoms with Crippen LogP contribution in [0.5, 0.6) is 0 Å². The molecule has 0 bridgehead atoms. The van der Waals surface area contributed by atoms with Gasteiger partial charge in [-0.3, -0.25) is 14.4 Å². The first-order valence-electron chi connectivity index (χ1n) is 15.0. The van der Waals surface area contributed by atoms with E-state index in [1.54, 1.807) is 51.1 Å². The molecule has 0 radical (unpaired) electrons. The zero-order chi connectivity index (χ0) is 33.0. The summed E-state index contributed by atoms with van der Waals surface area (Å²) in [7, 11) is 0. The Balaban J connectivity index is 1.78. The van der Waals surface area contributed by atoms with Gasteiger partial charge in [0.15, 0.2) is 0 Å². The Kier molecular flexibility index (Phi) is 12.7. The fourth-order valence-electron chi connectivity index (χ4n) is 4.88. The Bertz CT molecular complexity index is 1400. The van der Waals surface area contributed by atoms with E-state index in [9.17, 15) is 24.3 Å². The van der Waals surface area contributed by atoms with Gasteiger partial charge in [0, 0.05) is 5.92 Å². The molecule has 0 fully saturated rings. The molecule has 10 heteroatoms. The summed E-state index contributed by atoms with van der Waals surface area (Å²) in [5, 5.41) is 19.6. The van der Waals surface area contributed by atoms with E-state index < -0.39 is 59.6 Å². The molecule has 3 aromatic carbocycles. The number of ether oxygens (including phenoxy) is 1. The van der Waals surface area contributed by atoms with Gasteiger partial charge in [-0.25, -0.2) is 4.79 Å². The van der Waals surface area contributed by atoms with Gasteiger partial charge >= 0.3 is 6.09 Å². The molecule has 0 unspecified atom stereocenters. The summed E-state index contributed by atoms with van der Waals surface area (Å²) in [5.74, 6) is -2.56. The summed E-state index contributed by atoms with van der Waals surface area (Å²) >= 11 is 0. The zero-order valence-corrected chi connectivity index (χ0v) is 26.2. The minimum absolute atomic E-state index is 0.0176. The zero-order valence-electron chi connectivity index (χ0n) is 26.2. The third-order valence-corrected chi connectivity index (χ3v) is 7.14. The average molecular weight is 617 g/mol. The molecule has 0 aliphatic heterocycles. The molecule has 3 aromatic rings. The number of nitrogens with two attached hydrogens (primary N) is 1. The van der Waals surface area contributed by atoms with Gasteiger partial charge in [0.2, 0.25) is 17.7 Å². The number of hydrogen-bond acceptors (Lipinski definition) is 6. The van der Waals surface area contributed by atoms with E-state index in [2.05, 4.69) is 16.0 Å². The van der Waals surface area contributed by atoms with Crippen LogP contribution in [-0.2, 0) is 32.0 Å².